The zero-order chi connectivity index (χ0) is 9.26. The zero-order valence-corrected chi connectivity index (χ0v) is 7.56. The fourth-order valence-corrected chi connectivity index (χ4v) is 1.82. The quantitative estimate of drug-likeness (QED) is 0.576. The van der Waals surface area contributed by atoms with Crippen LogP contribution in [0.5, 0.6) is 0 Å². The number of hydrogen-bond acceptors (Lipinski definition) is 4. The zero-order valence-electron chi connectivity index (χ0n) is 7.56. The van der Waals surface area contributed by atoms with E-state index in [9.17, 15) is 4.79 Å². The minimum atomic E-state index is -0.237. The first kappa shape index (κ1) is 8.34. The van der Waals surface area contributed by atoms with Crippen LogP contribution in [0.1, 0.15) is 6.42 Å². The molecule has 0 spiro atoms. The Kier molecular flexibility index (Phi) is 2.08. The normalized spacial score (nSPS) is 31.0. The van der Waals surface area contributed by atoms with Crippen molar-refractivity contribution in [3.05, 3.63) is 0 Å². The highest BCUT2D eigenvalue weighted by Crippen LogP contribution is 2.19. The molecule has 0 saturated carbocycles. The van der Waals surface area contributed by atoms with E-state index in [2.05, 4.69) is 15.3 Å². The van der Waals surface area contributed by atoms with Gasteiger partial charge in [0.15, 0.2) is 0 Å². The molecule has 2 aliphatic heterocycles. The van der Waals surface area contributed by atoms with Crippen LogP contribution in [0.15, 0.2) is 5.10 Å². The average molecular weight is 183 g/mol. The number of carbonyl (C=O) groups excluding carboxylic acids is 1. The number of ether oxygens (including phenoxy) is 1. The molecule has 2 heterocycles. The van der Waals surface area contributed by atoms with Gasteiger partial charge in [0, 0.05) is 25.2 Å². The third-order valence-corrected chi connectivity index (χ3v) is 2.60. The average Bonchev–Trinajstić information content (AvgIpc) is 2.63. The van der Waals surface area contributed by atoms with Gasteiger partial charge in [0.1, 0.15) is 0 Å². The topological polar surface area (TPSA) is 53.9 Å². The van der Waals surface area contributed by atoms with Crippen LogP contribution in [-0.2, 0) is 4.74 Å². The Labute approximate surface area is 76.7 Å². The summed E-state index contributed by atoms with van der Waals surface area (Å²) in [6.45, 7) is 1.47. The number of hydrazone groups is 1. The van der Waals surface area contributed by atoms with Gasteiger partial charge < -0.3 is 15.1 Å². The second-order valence-corrected chi connectivity index (χ2v) is 3.38. The van der Waals surface area contributed by atoms with Gasteiger partial charge in [-0.15, -0.1) is 0 Å². The van der Waals surface area contributed by atoms with Gasteiger partial charge in [0.25, 0.3) is 0 Å². The molecule has 5 nitrogen and oxygen atoms in total. The summed E-state index contributed by atoms with van der Waals surface area (Å²) in [5.74, 6) is 0.354. The summed E-state index contributed by atoms with van der Waals surface area (Å²) in [6.07, 6.45) is 2.58. The molecule has 2 atom stereocenters. The van der Waals surface area contributed by atoms with Crippen molar-refractivity contribution in [1.82, 2.24) is 10.3 Å². The first-order chi connectivity index (χ1) is 6.31. The Morgan fingerprint density at radius 3 is 3.38 bits per heavy atom. The first-order valence-corrected chi connectivity index (χ1v) is 4.43. The molecule has 2 aliphatic rings. The van der Waals surface area contributed by atoms with Crippen LogP contribution < -0.4 is 5.43 Å². The second kappa shape index (κ2) is 3.24. The van der Waals surface area contributed by atoms with E-state index >= 15 is 0 Å². The van der Waals surface area contributed by atoms with Gasteiger partial charge in [0.05, 0.1) is 13.2 Å². The van der Waals surface area contributed by atoms with Crippen molar-refractivity contribution in [2.24, 2.45) is 11.0 Å². The van der Waals surface area contributed by atoms with Crippen molar-refractivity contribution in [2.75, 3.05) is 20.2 Å². The Morgan fingerprint density at radius 2 is 2.62 bits per heavy atom. The minimum Gasteiger partial charge on any atom is -0.453 e. The smallest absolute Gasteiger partial charge is 0.409 e. The molecule has 2 rings (SSSR count). The second-order valence-electron chi connectivity index (χ2n) is 3.38. The number of hydrogen-bond donors (Lipinski definition) is 1. The molecule has 0 radical (unpaired) electrons. The van der Waals surface area contributed by atoms with Crippen molar-refractivity contribution >= 4 is 12.3 Å². The highest BCUT2D eigenvalue weighted by atomic mass is 16.5. The number of amides is 1. The van der Waals surface area contributed by atoms with E-state index in [4.69, 9.17) is 0 Å². The first-order valence-electron chi connectivity index (χ1n) is 4.43. The Bertz CT molecular complexity index is 242. The molecule has 1 saturated heterocycles. The Hall–Kier alpha value is -1.26. The van der Waals surface area contributed by atoms with E-state index in [0.29, 0.717) is 18.5 Å². The van der Waals surface area contributed by atoms with Crippen molar-refractivity contribution in [2.45, 2.75) is 12.5 Å². The van der Waals surface area contributed by atoms with Crippen LogP contribution >= 0.6 is 0 Å². The number of nitrogens with one attached hydrogen (secondary N) is 1. The standard InChI is InChI=1S/C8H13N3O2/c1-13-8(12)11-3-2-7-6(5-11)4-9-10-7/h4,6-7,10H,2-3,5H2,1H3. The fourth-order valence-electron chi connectivity index (χ4n) is 1.82. The lowest BCUT2D eigenvalue weighted by atomic mass is 9.95. The third-order valence-electron chi connectivity index (χ3n) is 2.60. The SMILES string of the molecule is COC(=O)N1CCC2NN=CC2C1. The van der Waals surface area contributed by atoms with E-state index in [1.165, 1.54) is 7.11 Å². The summed E-state index contributed by atoms with van der Waals surface area (Å²) in [5, 5.41) is 3.99. The maximum absolute atomic E-state index is 11.2. The number of carbonyl (C=O) groups is 1. The van der Waals surface area contributed by atoms with Crippen molar-refractivity contribution < 1.29 is 9.53 Å². The number of piperidine rings is 1. The van der Waals surface area contributed by atoms with Gasteiger partial charge in [-0.25, -0.2) is 4.79 Å². The van der Waals surface area contributed by atoms with Crippen LogP contribution in [0, 0.1) is 5.92 Å². The van der Waals surface area contributed by atoms with Gasteiger partial charge >= 0.3 is 6.09 Å². The summed E-state index contributed by atoms with van der Waals surface area (Å²) in [4.78, 5) is 12.9. The molecule has 2 unspecified atom stereocenters. The molecule has 1 fully saturated rings. The van der Waals surface area contributed by atoms with Crippen molar-refractivity contribution in [3.63, 3.8) is 0 Å². The van der Waals surface area contributed by atoms with Gasteiger partial charge in [-0.3, -0.25) is 0 Å². The highest BCUT2D eigenvalue weighted by Gasteiger charge is 2.33. The lowest BCUT2D eigenvalue weighted by Crippen LogP contribution is -2.47. The summed E-state index contributed by atoms with van der Waals surface area (Å²) >= 11 is 0. The highest BCUT2D eigenvalue weighted by molar-refractivity contribution is 5.70. The molecule has 72 valence electrons. The number of rotatable bonds is 0. The van der Waals surface area contributed by atoms with Gasteiger partial charge in [-0.05, 0) is 6.42 Å². The summed E-state index contributed by atoms with van der Waals surface area (Å²) < 4.78 is 4.66. The Balaban J connectivity index is 1.96. The third kappa shape index (κ3) is 1.46. The van der Waals surface area contributed by atoms with Crippen molar-refractivity contribution in [1.29, 1.82) is 0 Å². The van der Waals surface area contributed by atoms with E-state index in [-0.39, 0.29) is 6.09 Å². The van der Waals surface area contributed by atoms with Crippen LogP contribution in [0.2, 0.25) is 0 Å². The largest absolute Gasteiger partial charge is 0.453 e. The predicted octanol–water partition coefficient (Wildman–Crippen LogP) is 0.0323. The molecular formula is C8H13N3O2. The molecule has 0 aliphatic carbocycles. The monoisotopic (exact) mass is 183 g/mol. The van der Waals surface area contributed by atoms with Gasteiger partial charge in [-0.2, -0.15) is 5.10 Å². The molecule has 5 heteroatoms. The van der Waals surface area contributed by atoms with E-state index in [0.717, 1.165) is 13.0 Å². The fraction of sp³-hybridized carbons (Fsp3) is 0.750. The molecule has 1 amide bonds. The number of fused-ring (bicyclic) bond motifs is 1. The van der Waals surface area contributed by atoms with Crippen LogP contribution in [0.4, 0.5) is 4.79 Å². The lowest BCUT2D eigenvalue weighted by Gasteiger charge is -2.32. The molecule has 0 aromatic rings. The maximum Gasteiger partial charge on any atom is 0.409 e. The maximum atomic E-state index is 11.2. The number of likely N-dealkylation sites (tertiary alicyclic amines) is 1. The van der Waals surface area contributed by atoms with E-state index < -0.39 is 0 Å². The van der Waals surface area contributed by atoms with Crippen molar-refractivity contribution in [3.8, 4) is 0 Å². The van der Waals surface area contributed by atoms with E-state index in [1.807, 2.05) is 6.21 Å². The van der Waals surface area contributed by atoms with Gasteiger partial charge in [-0.1, -0.05) is 0 Å². The summed E-state index contributed by atoms with van der Waals surface area (Å²) in [7, 11) is 1.41. The molecule has 0 aromatic carbocycles. The summed E-state index contributed by atoms with van der Waals surface area (Å²) in [5.41, 5.74) is 3.03. The molecule has 1 N–H and O–H groups in total. The molecule has 13 heavy (non-hydrogen) atoms. The Morgan fingerprint density at radius 1 is 1.77 bits per heavy atom. The number of methoxy groups -OCH3 is 1. The summed E-state index contributed by atoms with van der Waals surface area (Å²) in [6, 6.07) is 0.418. The van der Waals surface area contributed by atoms with E-state index in [1.54, 1.807) is 4.90 Å². The predicted molar refractivity (Wildman–Crippen MR) is 47.5 cm³/mol. The molecule has 0 bridgehead atoms. The number of nitrogens with zero attached hydrogens (tertiary/aromatic N) is 2. The van der Waals surface area contributed by atoms with Crippen LogP contribution in [-0.4, -0.2) is 43.4 Å². The van der Waals surface area contributed by atoms with Gasteiger partial charge in [0.2, 0.25) is 0 Å². The lowest BCUT2D eigenvalue weighted by molar-refractivity contribution is 0.105. The minimum absolute atomic E-state index is 0.237. The van der Waals surface area contributed by atoms with Crippen LogP contribution in [0.25, 0.3) is 0 Å². The van der Waals surface area contributed by atoms with Crippen LogP contribution in [0.3, 0.4) is 0 Å². The molecule has 0 aromatic heterocycles. The molecular weight excluding hydrogens is 170 g/mol.